The number of para-hydroxylation sites is 1. The van der Waals surface area contributed by atoms with Crippen molar-refractivity contribution in [3.63, 3.8) is 0 Å². The number of hydrogen-bond donors (Lipinski definition) is 3. The first-order valence-corrected chi connectivity index (χ1v) is 22.0. The third-order valence-corrected chi connectivity index (χ3v) is 12.1. The number of hydrogen-bond acceptors (Lipinski definition) is 5. The molecule has 0 atom stereocenters. The lowest BCUT2D eigenvalue weighted by Crippen LogP contribution is -2.24. The topological polar surface area (TPSA) is 67.2 Å². The van der Waals surface area contributed by atoms with Crippen LogP contribution in [0.25, 0.3) is 49.7 Å². The molecule has 0 spiro atoms. The number of anilines is 3. The summed E-state index contributed by atoms with van der Waals surface area (Å²) in [5.74, 6) is -0.972. The van der Waals surface area contributed by atoms with Crippen LogP contribution in [0.1, 0.15) is 25.3 Å². The molecule has 0 fully saturated rings. The second-order valence-corrected chi connectivity index (χ2v) is 16.1. The molecule has 0 amide bonds. The predicted molar refractivity (Wildman–Crippen MR) is 272 cm³/mol. The molecule has 0 bridgehead atoms. The van der Waals surface area contributed by atoms with Crippen LogP contribution in [0.4, 0.5) is 17.1 Å². The first-order chi connectivity index (χ1) is 31.9. The van der Waals surface area contributed by atoms with Gasteiger partial charge in [0.05, 0.1) is 11.3 Å². The van der Waals surface area contributed by atoms with E-state index in [9.17, 15) is 15.3 Å². The van der Waals surface area contributed by atoms with Crippen LogP contribution in [0.3, 0.4) is 0 Å². The molecule has 0 saturated carbocycles. The first-order valence-electron chi connectivity index (χ1n) is 22.0. The van der Waals surface area contributed by atoms with Crippen LogP contribution in [-0.2, 0) is 0 Å². The highest BCUT2D eigenvalue weighted by molar-refractivity contribution is 5.97. The fraction of sp³-hybridized carbons (Fsp3) is 0.0667. The van der Waals surface area contributed by atoms with Crippen molar-refractivity contribution in [2.45, 2.75) is 19.8 Å². The lowest BCUT2D eigenvalue weighted by Gasteiger charge is -2.29. The fourth-order valence-corrected chi connectivity index (χ4v) is 8.78. The Kier molecular flexibility index (Phi) is 12.3. The Morgan fingerprint density at radius 2 is 1.26 bits per heavy atom. The summed E-state index contributed by atoms with van der Waals surface area (Å²) < 4.78 is 0. The lowest BCUT2D eigenvalue weighted by atomic mass is 9.97. The van der Waals surface area contributed by atoms with Crippen molar-refractivity contribution < 1.29 is 15.3 Å². The van der Waals surface area contributed by atoms with Gasteiger partial charge in [0.15, 0.2) is 11.5 Å². The van der Waals surface area contributed by atoms with Crippen molar-refractivity contribution in [3.05, 3.63) is 248 Å². The molecule has 5 nitrogen and oxygen atoms in total. The summed E-state index contributed by atoms with van der Waals surface area (Å²) in [5, 5.41) is 37.9. The molecule has 0 saturated heterocycles. The number of rotatable bonds is 10. The summed E-state index contributed by atoms with van der Waals surface area (Å²) in [6.45, 7) is 7.21. The van der Waals surface area contributed by atoms with E-state index >= 15 is 0 Å². The molecule has 2 aliphatic rings. The van der Waals surface area contributed by atoms with Crippen molar-refractivity contribution in [3.8, 4) is 50.6 Å². The Balaban J connectivity index is 1.11. The van der Waals surface area contributed by atoms with E-state index in [1.165, 1.54) is 17.3 Å². The molecule has 1 heterocycles. The van der Waals surface area contributed by atoms with Crippen LogP contribution in [0.15, 0.2) is 242 Å². The van der Waals surface area contributed by atoms with Crippen LogP contribution in [-0.4, -0.2) is 21.9 Å². The molecule has 0 unspecified atom stereocenters. The van der Waals surface area contributed by atoms with Gasteiger partial charge in [-0.1, -0.05) is 189 Å². The van der Waals surface area contributed by atoms with Crippen LogP contribution >= 0.6 is 0 Å². The minimum atomic E-state index is -0.424. The zero-order chi connectivity index (χ0) is 44.7. The average Bonchev–Trinajstić information content (AvgIpc) is 3.53. The number of benzene rings is 7. The molecule has 7 aromatic rings. The van der Waals surface area contributed by atoms with E-state index < -0.39 is 5.75 Å². The summed E-state index contributed by atoms with van der Waals surface area (Å²) in [7, 11) is 0. The highest BCUT2D eigenvalue weighted by Crippen LogP contribution is 2.51. The van der Waals surface area contributed by atoms with Gasteiger partial charge in [0, 0.05) is 40.9 Å². The largest absolute Gasteiger partial charge is 0.507 e. The van der Waals surface area contributed by atoms with Gasteiger partial charge in [0.2, 0.25) is 0 Å². The third kappa shape index (κ3) is 8.73. The van der Waals surface area contributed by atoms with E-state index in [2.05, 4.69) is 121 Å². The van der Waals surface area contributed by atoms with E-state index in [1.807, 2.05) is 115 Å². The summed E-state index contributed by atoms with van der Waals surface area (Å²) in [6, 6.07) is 50.2. The van der Waals surface area contributed by atoms with E-state index in [-0.39, 0.29) is 22.7 Å². The second-order valence-electron chi connectivity index (χ2n) is 16.1. The van der Waals surface area contributed by atoms with Gasteiger partial charge in [-0.2, -0.15) is 0 Å². The summed E-state index contributed by atoms with van der Waals surface area (Å²) in [5.41, 5.74) is 11.8. The Morgan fingerprint density at radius 3 is 2.05 bits per heavy atom. The number of nitrogens with zero attached hydrogens (tertiary/aromatic N) is 2. The number of allylic oxidation sites excluding steroid dienone is 12. The second kappa shape index (κ2) is 19.0. The molecule has 318 valence electrons. The van der Waals surface area contributed by atoms with E-state index in [1.54, 1.807) is 0 Å². The summed E-state index contributed by atoms with van der Waals surface area (Å²) >= 11 is 0. The Labute approximate surface area is 381 Å². The first kappa shape index (κ1) is 42.0. The van der Waals surface area contributed by atoms with Crippen molar-refractivity contribution in [1.29, 1.82) is 0 Å². The lowest BCUT2D eigenvalue weighted by molar-refractivity contribution is 0.399. The molecule has 9 rings (SSSR count). The number of phenolic OH excluding ortho intramolecular Hbond substituents is 3. The summed E-state index contributed by atoms with van der Waals surface area (Å²) in [6.07, 6.45) is 24.9. The van der Waals surface area contributed by atoms with Crippen LogP contribution in [0.5, 0.6) is 17.2 Å². The third-order valence-electron chi connectivity index (χ3n) is 12.1. The van der Waals surface area contributed by atoms with Crippen LogP contribution in [0.2, 0.25) is 0 Å². The molecule has 5 heteroatoms. The zero-order valence-corrected chi connectivity index (χ0v) is 36.3. The molecule has 0 aromatic heterocycles. The minimum Gasteiger partial charge on any atom is -0.507 e. The smallest absolute Gasteiger partial charge is 0.183 e. The van der Waals surface area contributed by atoms with Crippen LogP contribution in [0, 0.1) is 0 Å². The number of aromatic hydroxyl groups is 3. The quantitative estimate of drug-likeness (QED) is 0.0727. The molecule has 7 aromatic carbocycles. The Bertz CT molecular complexity index is 3100. The number of fused-ring (bicyclic) bond motifs is 1. The zero-order valence-electron chi connectivity index (χ0n) is 36.3. The van der Waals surface area contributed by atoms with E-state index in [4.69, 9.17) is 0 Å². The molecule has 3 N–H and O–H groups in total. The molecular weight excluding hydrogens is 797 g/mol. The fourth-order valence-electron chi connectivity index (χ4n) is 8.78. The molecule has 0 radical (unpaired) electrons. The maximum atomic E-state index is 12.0. The number of phenols is 3. The van der Waals surface area contributed by atoms with Crippen molar-refractivity contribution in [1.82, 2.24) is 0 Å². The standard InChI is InChI=1S/C60H50N2O3/c1-3-49(37-30-42(2)51-25-15-16-29-55(51)61-40-17-5-4-8-22-47-23-11-7-12-28-54(47)61)62(50-38-35-46(36-39-50)53-27-18-24-45-21-13-14-26-52(45)53)56-41-57(63)58(60(65)59(56)64)48-33-31-44(32-34-48)43-19-9-6-10-20-43/h3-21,24-39,41,63-65H,2,22-23,40H2,1H3/b8-4-,17-5-,37-30-,49-3+. The maximum absolute atomic E-state index is 12.0. The maximum Gasteiger partial charge on any atom is 0.183 e. The molecule has 1 aliphatic carbocycles. The van der Waals surface area contributed by atoms with Crippen molar-refractivity contribution in [2.75, 3.05) is 16.3 Å². The molecule has 1 aliphatic heterocycles. The van der Waals surface area contributed by atoms with Gasteiger partial charge in [-0.05, 0) is 99.9 Å². The normalized spacial score (nSPS) is 15.0. The van der Waals surface area contributed by atoms with Crippen LogP contribution < -0.4 is 9.80 Å². The highest BCUT2D eigenvalue weighted by atomic mass is 16.3. The van der Waals surface area contributed by atoms with Crippen molar-refractivity contribution in [2.24, 2.45) is 0 Å². The Morgan fingerprint density at radius 1 is 0.615 bits per heavy atom. The van der Waals surface area contributed by atoms with Gasteiger partial charge in [0.25, 0.3) is 0 Å². The monoisotopic (exact) mass is 846 g/mol. The molecule has 65 heavy (non-hydrogen) atoms. The van der Waals surface area contributed by atoms with Crippen molar-refractivity contribution >= 4 is 33.4 Å². The van der Waals surface area contributed by atoms with Gasteiger partial charge in [-0.25, -0.2) is 0 Å². The molecular formula is C60H50N2O3. The average molecular weight is 847 g/mol. The predicted octanol–water partition coefficient (Wildman–Crippen LogP) is 15.4. The summed E-state index contributed by atoms with van der Waals surface area (Å²) in [4.78, 5) is 4.21. The van der Waals surface area contributed by atoms with E-state index in [0.717, 1.165) is 62.7 Å². The van der Waals surface area contributed by atoms with Gasteiger partial charge in [-0.15, -0.1) is 0 Å². The van der Waals surface area contributed by atoms with Gasteiger partial charge in [-0.3, -0.25) is 0 Å². The van der Waals surface area contributed by atoms with Gasteiger partial charge >= 0.3 is 0 Å². The van der Waals surface area contributed by atoms with Gasteiger partial charge < -0.3 is 25.1 Å². The van der Waals surface area contributed by atoms with E-state index in [0.29, 0.717) is 23.5 Å². The highest BCUT2D eigenvalue weighted by Gasteiger charge is 2.25. The van der Waals surface area contributed by atoms with Gasteiger partial charge in [0.1, 0.15) is 5.75 Å². The Hall–Kier alpha value is -8.28. The SMILES string of the molecule is C=C(/C=C\C(=C/C)N(c1ccc(-c2cccc3ccccc23)cc1)c1cc(O)c(-c2ccc(-c3ccccc3)cc2)c(O)c1O)c1ccccc1N1C/C=C\C=C/CC2=C1C=CC=CC2. The minimum absolute atomic E-state index is 0.141.